The molecule has 0 radical (unpaired) electrons. The first-order chi connectivity index (χ1) is 7.10. The number of amides is 1. The molecule has 1 rings (SSSR count). The van der Waals surface area contributed by atoms with Crippen molar-refractivity contribution < 1.29 is 14.5 Å². The van der Waals surface area contributed by atoms with Crippen molar-refractivity contribution in [3.8, 4) is 0 Å². The molecular formula is C9H13N3O3. The number of nitrogens with two attached hydrogens (primary N) is 2. The van der Waals surface area contributed by atoms with Gasteiger partial charge in [-0.2, -0.15) is 0 Å². The second-order valence-electron chi connectivity index (χ2n) is 2.77. The summed E-state index contributed by atoms with van der Waals surface area (Å²) in [6.07, 6.45) is 0. The summed E-state index contributed by atoms with van der Waals surface area (Å²) in [5, 5.41) is 0.741. The van der Waals surface area contributed by atoms with Crippen molar-refractivity contribution >= 4 is 17.3 Å². The number of benzene rings is 1. The number of hydrogen-bond donors (Lipinski definition) is 2. The van der Waals surface area contributed by atoms with Gasteiger partial charge < -0.3 is 11.5 Å². The van der Waals surface area contributed by atoms with Crippen LogP contribution in [0, 0.1) is 0 Å². The fourth-order valence-corrected chi connectivity index (χ4v) is 1.05. The van der Waals surface area contributed by atoms with Crippen LogP contribution in [0.15, 0.2) is 18.2 Å². The van der Waals surface area contributed by atoms with Gasteiger partial charge in [-0.15, -0.1) is 0 Å². The van der Waals surface area contributed by atoms with E-state index < -0.39 is 5.91 Å². The van der Waals surface area contributed by atoms with E-state index in [1.54, 1.807) is 12.1 Å². The molecule has 0 aliphatic carbocycles. The van der Waals surface area contributed by atoms with Gasteiger partial charge in [0.15, 0.2) is 0 Å². The highest BCUT2D eigenvalue weighted by molar-refractivity contribution is 5.94. The third-order valence-corrected chi connectivity index (χ3v) is 1.83. The highest BCUT2D eigenvalue weighted by atomic mass is 16.9. The number of anilines is 2. The van der Waals surface area contributed by atoms with Crippen molar-refractivity contribution in [2.24, 2.45) is 0 Å². The Balaban J connectivity index is 2.96. The van der Waals surface area contributed by atoms with Gasteiger partial charge >= 0.3 is 5.91 Å². The maximum Gasteiger partial charge on any atom is 0.304 e. The Morgan fingerprint density at radius 2 is 1.80 bits per heavy atom. The van der Waals surface area contributed by atoms with Crippen LogP contribution in [0.1, 0.15) is 10.4 Å². The molecule has 82 valence electrons. The summed E-state index contributed by atoms with van der Waals surface area (Å²) in [4.78, 5) is 21.0. The lowest BCUT2D eigenvalue weighted by molar-refractivity contribution is -0.299. The lowest BCUT2D eigenvalue weighted by Crippen LogP contribution is -2.28. The van der Waals surface area contributed by atoms with E-state index in [9.17, 15) is 4.79 Å². The summed E-state index contributed by atoms with van der Waals surface area (Å²) in [6, 6.07) is 4.55. The van der Waals surface area contributed by atoms with Crippen LogP contribution in [-0.4, -0.2) is 25.4 Å². The topological polar surface area (TPSA) is 90.8 Å². The molecule has 0 spiro atoms. The van der Waals surface area contributed by atoms with Crippen LogP contribution < -0.4 is 11.5 Å². The van der Waals surface area contributed by atoms with Crippen molar-refractivity contribution in [2.75, 3.05) is 25.7 Å². The second kappa shape index (κ2) is 4.63. The number of rotatable bonds is 3. The first-order valence-electron chi connectivity index (χ1n) is 4.17. The molecule has 4 N–H and O–H groups in total. The van der Waals surface area contributed by atoms with Gasteiger partial charge in [0, 0.05) is 5.56 Å². The highest BCUT2D eigenvalue weighted by Gasteiger charge is 2.15. The van der Waals surface area contributed by atoms with E-state index in [0.29, 0.717) is 16.9 Å². The molecule has 0 aliphatic rings. The fourth-order valence-electron chi connectivity index (χ4n) is 1.05. The van der Waals surface area contributed by atoms with Crippen molar-refractivity contribution in [3.63, 3.8) is 0 Å². The molecule has 1 amide bonds. The zero-order valence-corrected chi connectivity index (χ0v) is 8.56. The van der Waals surface area contributed by atoms with Crippen LogP contribution in [-0.2, 0) is 9.68 Å². The van der Waals surface area contributed by atoms with Gasteiger partial charge in [0.25, 0.3) is 0 Å². The van der Waals surface area contributed by atoms with Gasteiger partial charge in [0.2, 0.25) is 0 Å². The van der Waals surface area contributed by atoms with Gasteiger partial charge in [0.05, 0.1) is 25.6 Å². The molecule has 6 nitrogen and oxygen atoms in total. The highest BCUT2D eigenvalue weighted by Crippen LogP contribution is 2.17. The lowest BCUT2D eigenvalue weighted by Gasteiger charge is -2.16. The van der Waals surface area contributed by atoms with E-state index in [1.165, 1.54) is 20.3 Å². The van der Waals surface area contributed by atoms with Gasteiger partial charge in [-0.05, 0) is 18.2 Å². The molecule has 15 heavy (non-hydrogen) atoms. The van der Waals surface area contributed by atoms with Gasteiger partial charge in [-0.1, -0.05) is 5.23 Å². The monoisotopic (exact) mass is 211 g/mol. The molecule has 0 atom stereocenters. The van der Waals surface area contributed by atoms with Gasteiger partial charge in [0.1, 0.15) is 0 Å². The first-order valence-corrected chi connectivity index (χ1v) is 4.17. The van der Waals surface area contributed by atoms with Crippen LogP contribution in [0.25, 0.3) is 0 Å². The molecular weight excluding hydrogens is 198 g/mol. The molecule has 0 fully saturated rings. The summed E-state index contributed by atoms with van der Waals surface area (Å²) in [5.74, 6) is -0.452. The minimum atomic E-state index is -0.452. The molecule has 0 saturated heterocycles. The molecule has 0 bridgehead atoms. The summed E-state index contributed by atoms with van der Waals surface area (Å²) < 4.78 is 0. The molecule has 0 aromatic heterocycles. The second-order valence-corrected chi connectivity index (χ2v) is 2.77. The Bertz CT molecular complexity index is 364. The quantitative estimate of drug-likeness (QED) is 0.558. The zero-order valence-electron chi connectivity index (χ0n) is 8.56. The summed E-state index contributed by atoms with van der Waals surface area (Å²) in [5.41, 5.74) is 12.2. The fraction of sp³-hybridized carbons (Fsp3) is 0.222. The predicted octanol–water partition coefficient (Wildman–Crippen LogP) is 0.416. The van der Waals surface area contributed by atoms with Crippen molar-refractivity contribution in [1.29, 1.82) is 0 Å². The van der Waals surface area contributed by atoms with E-state index in [1.807, 2.05) is 0 Å². The smallest absolute Gasteiger partial charge is 0.304 e. The molecule has 0 saturated carbocycles. The minimum absolute atomic E-state index is 0.338. The normalized spacial score (nSPS) is 10.0. The van der Waals surface area contributed by atoms with Crippen LogP contribution in [0.5, 0.6) is 0 Å². The molecule has 6 heteroatoms. The molecule has 1 aromatic carbocycles. The Kier molecular flexibility index (Phi) is 3.48. The number of hydrogen-bond acceptors (Lipinski definition) is 5. The van der Waals surface area contributed by atoms with Crippen molar-refractivity contribution in [1.82, 2.24) is 5.23 Å². The van der Waals surface area contributed by atoms with E-state index in [4.69, 9.17) is 11.5 Å². The van der Waals surface area contributed by atoms with Gasteiger partial charge in [-0.25, -0.2) is 9.68 Å². The van der Waals surface area contributed by atoms with Crippen LogP contribution in [0.3, 0.4) is 0 Å². The summed E-state index contributed by atoms with van der Waals surface area (Å²) in [6.45, 7) is 0. The molecule has 0 unspecified atom stereocenters. The van der Waals surface area contributed by atoms with Gasteiger partial charge in [-0.3, -0.25) is 4.79 Å². The summed E-state index contributed by atoms with van der Waals surface area (Å²) in [7, 11) is 2.64. The molecule has 0 aliphatic heterocycles. The number of hydroxylamine groups is 2. The predicted molar refractivity (Wildman–Crippen MR) is 55.5 cm³/mol. The van der Waals surface area contributed by atoms with Crippen molar-refractivity contribution in [3.05, 3.63) is 23.8 Å². The average Bonchev–Trinajstić information content (AvgIpc) is 2.23. The largest absolute Gasteiger partial charge is 0.397 e. The maximum absolute atomic E-state index is 11.7. The van der Waals surface area contributed by atoms with Crippen LogP contribution in [0.2, 0.25) is 0 Å². The van der Waals surface area contributed by atoms with Crippen LogP contribution >= 0.6 is 0 Å². The zero-order chi connectivity index (χ0) is 11.4. The number of nitrogen functional groups attached to an aromatic ring is 2. The third kappa shape index (κ3) is 2.36. The van der Waals surface area contributed by atoms with Crippen molar-refractivity contribution in [2.45, 2.75) is 0 Å². The standard InChI is InChI=1S/C9H13N3O3/c1-14-12(15-2)9(13)6-3-4-7(10)8(11)5-6/h3-5H,10-11H2,1-2H3. The Labute approximate surface area is 87.3 Å². The average molecular weight is 211 g/mol. The Morgan fingerprint density at radius 1 is 1.20 bits per heavy atom. The van der Waals surface area contributed by atoms with E-state index >= 15 is 0 Å². The Hall–Kier alpha value is -1.79. The lowest BCUT2D eigenvalue weighted by atomic mass is 10.1. The summed E-state index contributed by atoms with van der Waals surface area (Å²) >= 11 is 0. The number of nitrogens with zero attached hydrogens (tertiary/aromatic N) is 1. The first kappa shape index (κ1) is 11.3. The SMILES string of the molecule is CON(OC)C(=O)c1ccc(N)c(N)c1. The molecule has 0 heterocycles. The van der Waals surface area contributed by atoms with E-state index in [-0.39, 0.29) is 0 Å². The Morgan fingerprint density at radius 3 is 2.27 bits per heavy atom. The minimum Gasteiger partial charge on any atom is -0.397 e. The maximum atomic E-state index is 11.7. The molecule has 1 aromatic rings. The van der Waals surface area contributed by atoms with E-state index in [2.05, 4.69) is 9.68 Å². The number of carbonyl (C=O) groups is 1. The van der Waals surface area contributed by atoms with Crippen LogP contribution in [0.4, 0.5) is 11.4 Å². The number of carbonyl (C=O) groups excluding carboxylic acids is 1. The van der Waals surface area contributed by atoms with E-state index in [0.717, 1.165) is 5.23 Å². The third-order valence-electron chi connectivity index (χ3n) is 1.83.